The highest BCUT2D eigenvalue weighted by Crippen LogP contribution is 2.39. The van der Waals surface area contributed by atoms with Gasteiger partial charge in [-0.15, -0.1) is 0 Å². The minimum Gasteiger partial charge on any atom is -0.278 e. The number of benzene rings is 8. The van der Waals surface area contributed by atoms with E-state index in [1.165, 1.54) is 69.2 Å². The number of nitrogens with zero attached hydrogens (tertiary/aromatic N) is 5. The van der Waals surface area contributed by atoms with E-state index in [4.69, 9.17) is 15.0 Å². The van der Waals surface area contributed by atoms with E-state index in [0.717, 1.165) is 38.4 Å². The molecule has 8 aromatic carbocycles. The molecule has 0 bridgehead atoms. The van der Waals surface area contributed by atoms with E-state index in [1.54, 1.807) is 0 Å². The van der Waals surface area contributed by atoms with Crippen LogP contribution in [0.15, 0.2) is 206 Å². The molecule has 0 radical (unpaired) electrons. The zero-order chi connectivity index (χ0) is 41.7. The fourth-order valence-electron chi connectivity index (χ4n) is 10.8. The fraction of sp³-hybridized carbons (Fsp3) is 0.105. The summed E-state index contributed by atoms with van der Waals surface area (Å²) in [5.41, 5.74) is 6.67. The Balaban J connectivity index is 1.18. The summed E-state index contributed by atoms with van der Waals surface area (Å²) >= 11 is 0. The van der Waals surface area contributed by atoms with Gasteiger partial charge in [-0.1, -0.05) is 201 Å². The van der Waals surface area contributed by atoms with Crippen molar-refractivity contribution < 1.29 is 0 Å². The van der Waals surface area contributed by atoms with Gasteiger partial charge in [0.25, 0.3) is 0 Å². The molecule has 1 fully saturated rings. The van der Waals surface area contributed by atoms with Crippen molar-refractivity contribution in [3.05, 3.63) is 212 Å². The molecule has 12 rings (SSSR count). The highest BCUT2D eigenvalue weighted by molar-refractivity contribution is 7.20. The lowest BCUT2D eigenvalue weighted by atomic mass is 9.82. The molecule has 0 amide bonds. The highest BCUT2D eigenvalue weighted by atomic mass is 28.3. The summed E-state index contributed by atoms with van der Waals surface area (Å²) in [6.07, 6.45) is 6.15. The Labute approximate surface area is 368 Å². The summed E-state index contributed by atoms with van der Waals surface area (Å²) < 4.78 is 4.54. The van der Waals surface area contributed by atoms with Crippen LogP contribution in [0, 0.1) is 0 Å². The maximum atomic E-state index is 5.58. The lowest BCUT2D eigenvalue weighted by Crippen LogP contribution is -2.74. The topological polar surface area (TPSA) is 48.5 Å². The number of hydrogen-bond acceptors (Lipinski definition) is 3. The summed E-state index contributed by atoms with van der Waals surface area (Å²) in [7, 11) is -2.87. The molecule has 3 heterocycles. The zero-order valence-electron chi connectivity index (χ0n) is 35.0. The predicted molar refractivity (Wildman–Crippen MR) is 263 cm³/mol. The average molecular weight is 828 g/mol. The van der Waals surface area contributed by atoms with Gasteiger partial charge in [0.2, 0.25) is 11.9 Å². The Kier molecular flexibility index (Phi) is 9.19. The van der Waals surface area contributed by atoms with Gasteiger partial charge < -0.3 is 0 Å². The molecule has 0 saturated heterocycles. The predicted octanol–water partition coefficient (Wildman–Crippen LogP) is 11.2. The molecule has 0 N–H and O–H groups in total. The van der Waals surface area contributed by atoms with Crippen LogP contribution in [-0.2, 0) is 0 Å². The Morgan fingerprint density at radius 2 is 0.794 bits per heavy atom. The van der Waals surface area contributed by atoms with Crippen LogP contribution in [0.25, 0.3) is 66.9 Å². The van der Waals surface area contributed by atoms with Gasteiger partial charge in [-0.25, -0.2) is 0 Å². The van der Waals surface area contributed by atoms with Crippen molar-refractivity contribution in [3.63, 3.8) is 0 Å². The molecular formula is C57H45N5Si. The Bertz CT molecular complexity index is 3290. The fourth-order valence-corrected chi connectivity index (χ4v) is 15.5. The summed E-state index contributed by atoms with van der Waals surface area (Å²) in [6.45, 7) is 0. The molecule has 0 unspecified atom stereocenters. The largest absolute Gasteiger partial charge is 0.278 e. The van der Waals surface area contributed by atoms with Crippen LogP contribution in [0.4, 0.5) is 0 Å². The van der Waals surface area contributed by atoms with Gasteiger partial charge in [0, 0.05) is 27.1 Å². The Hall–Kier alpha value is -7.41. The highest BCUT2D eigenvalue weighted by Gasteiger charge is 2.41. The molecule has 302 valence electrons. The van der Waals surface area contributed by atoms with Gasteiger partial charge in [0.15, 0.2) is 13.9 Å². The molecule has 0 atom stereocenters. The molecular weight excluding hydrogens is 783 g/mol. The summed E-state index contributed by atoms with van der Waals surface area (Å²) in [5.74, 6) is 2.37. The number of rotatable bonds is 8. The van der Waals surface area contributed by atoms with Crippen molar-refractivity contribution in [1.29, 1.82) is 0 Å². The van der Waals surface area contributed by atoms with Crippen LogP contribution < -0.4 is 20.7 Å². The third kappa shape index (κ3) is 6.08. The summed E-state index contributed by atoms with van der Waals surface area (Å²) in [4.78, 5) is 16.6. The number of para-hydroxylation sites is 3. The minimum absolute atomic E-state index is 0.467. The van der Waals surface area contributed by atoms with Gasteiger partial charge in [-0.2, -0.15) is 15.0 Å². The van der Waals surface area contributed by atoms with E-state index in [-0.39, 0.29) is 0 Å². The van der Waals surface area contributed by atoms with Crippen molar-refractivity contribution in [2.24, 2.45) is 0 Å². The Morgan fingerprint density at radius 1 is 0.365 bits per heavy atom. The second-order valence-electron chi connectivity index (χ2n) is 17.0. The lowest BCUT2D eigenvalue weighted by Gasteiger charge is -2.34. The van der Waals surface area contributed by atoms with Gasteiger partial charge in [0.05, 0.1) is 22.1 Å². The molecule has 6 heteroatoms. The van der Waals surface area contributed by atoms with E-state index in [9.17, 15) is 0 Å². The van der Waals surface area contributed by atoms with E-state index < -0.39 is 8.07 Å². The van der Waals surface area contributed by atoms with Crippen molar-refractivity contribution in [2.75, 3.05) is 0 Å². The first-order valence-electron chi connectivity index (χ1n) is 22.3. The molecule has 0 spiro atoms. The summed E-state index contributed by atoms with van der Waals surface area (Å²) in [6, 6.07) is 75.4. The standard InChI is InChI=1S/C57H45N5Si/c1-5-21-40(22-6-1)45-29-13-14-33-50(45)55-58-56(61-51-34-18-15-30-46(51)47-31-16-19-35-52(47)61)60-57(59-55)62-53-36-20-17-32-48(53)49-38-37-44(39-54(49)62)63(41-23-7-2-8-24-41,42-25-9-3-10-26-42)43-27-11-4-12-28-43/h2-4,7-20,23-40H,1,5-6,21-22H2. The van der Waals surface area contributed by atoms with E-state index in [0.29, 0.717) is 23.6 Å². The monoisotopic (exact) mass is 827 g/mol. The number of hydrogen-bond donors (Lipinski definition) is 0. The average Bonchev–Trinajstić information content (AvgIpc) is 3.88. The van der Waals surface area contributed by atoms with Crippen molar-refractivity contribution >= 4 is 72.4 Å². The molecule has 1 aliphatic carbocycles. The quantitative estimate of drug-likeness (QED) is 0.113. The first-order valence-corrected chi connectivity index (χ1v) is 24.3. The first kappa shape index (κ1) is 37.4. The molecule has 1 saturated carbocycles. The summed E-state index contributed by atoms with van der Waals surface area (Å²) in [5, 5.41) is 9.96. The third-order valence-electron chi connectivity index (χ3n) is 13.6. The lowest BCUT2D eigenvalue weighted by molar-refractivity contribution is 0.444. The van der Waals surface area contributed by atoms with Crippen LogP contribution in [0.3, 0.4) is 0 Å². The first-order chi connectivity index (χ1) is 31.3. The van der Waals surface area contributed by atoms with Crippen molar-refractivity contribution in [1.82, 2.24) is 24.1 Å². The normalized spacial score (nSPS) is 13.7. The van der Waals surface area contributed by atoms with E-state index in [2.05, 4.69) is 215 Å². The van der Waals surface area contributed by atoms with Crippen LogP contribution >= 0.6 is 0 Å². The van der Waals surface area contributed by atoms with Crippen molar-refractivity contribution in [2.45, 2.75) is 38.0 Å². The van der Waals surface area contributed by atoms with Crippen LogP contribution in [0.2, 0.25) is 0 Å². The second-order valence-corrected chi connectivity index (χ2v) is 20.8. The smallest absolute Gasteiger partial charge is 0.240 e. The Morgan fingerprint density at radius 3 is 1.32 bits per heavy atom. The third-order valence-corrected chi connectivity index (χ3v) is 18.3. The molecule has 0 aliphatic heterocycles. The van der Waals surface area contributed by atoms with Crippen molar-refractivity contribution in [3.8, 4) is 23.3 Å². The van der Waals surface area contributed by atoms with Gasteiger partial charge in [-0.3, -0.25) is 9.13 Å². The van der Waals surface area contributed by atoms with Crippen LogP contribution in [0.5, 0.6) is 0 Å². The van der Waals surface area contributed by atoms with Gasteiger partial charge in [-0.05, 0) is 69.3 Å². The maximum Gasteiger partial charge on any atom is 0.240 e. The number of fused-ring (bicyclic) bond motifs is 6. The van der Waals surface area contributed by atoms with Crippen LogP contribution in [-0.4, -0.2) is 32.2 Å². The van der Waals surface area contributed by atoms with Gasteiger partial charge >= 0.3 is 0 Å². The molecule has 63 heavy (non-hydrogen) atoms. The second kappa shape index (κ2) is 15.5. The molecule has 5 nitrogen and oxygen atoms in total. The van der Waals surface area contributed by atoms with E-state index >= 15 is 0 Å². The maximum absolute atomic E-state index is 5.58. The zero-order valence-corrected chi connectivity index (χ0v) is 36.0. The molecule has 3 aromatic heterocycles. The molecule has 11 aromatic rings. The number of aromatic nitrogens is 5. The SMILES string of the molecule is c1ccc([Si](c2ccccc2)(c2ccccc2)c2ccc3c4ccccc4n(-c4nc(-c5ccccc5C5CCCCC5)nc(-n5c6ccccc6c6ccccc65)n4)c3c2)cc1. The van der Waals surface area contributed by atoms with Crippen LogP contribution in [0.1, 0.15) is 43.6 Å². The van der Waals surface area contributed by atoms with E-state index in [1.807, 2.05) is 0 Å². The van der Waals surface area contributed by atoms with Gasteiger partial charge in [0.1, 0.15) is 0 Å². The minimum atomic E-state index is -2.87. The molecule has 1 aliphatic rings.